The van der Waals surface area contributed by atoms with E-state index in [1.807, 2.05) is 12.1 Å². The maximum atomic E-state index is 12.8. The van der Waals surface area contributed by atoms with Gasteiger partial charge in [-0.3, -0.25) is 4.79 Å². The van der Waals surface area contributed by atoms with Crippen molar-refractivity contribution in [1.29, 1.82) is 5.26 Å². The van der Waals surface area contributed by atoms with E-state index in [9.17, 15) is 10.1 Å². The largest absolute Gasteiger partial charge is 0.396 e. The molecule has 3 rings (SSSR count). The third kappa shape index (κ3) is 3.70. The number of benzene rings is 2. The zero-order chi connectivity index (χ0) is 20.1. The lowest BCUT2D eigenvalue weighted by Gasteiger charge is -2.08. The number of carbonyl (C=O) groups is 1. The Labute approximate surface area is 166 Å². The third-order valence-electron chi connectivity index (χ3n) is 3.95. The SMILES string of the molecule is CSc1nc(N)c(N=Nc2ccccc2C(=O)c2ccccc2)c(N)c1C#N. The first kappa shape index (κ1) is 19.1. The van der Waals surface area contributed by atoms with Crippen LogP contribution in [-0.2, 0) is 0 Å². The fourth-order valence-corrected chi connectivity index (χ4v) is 3.10. The molecule has 0 amide bonds. The highest BCUT2D eigenvalue weighted by molar-refractivity contribution is 7.98. The average molecular weight is 388 g/mol. The minimum Gasteiger partial charge on any atom is -0.396 e. The molecule has 8 heteroatoms. The maximum Gasteiger partial charge on any atom is 0.195 e. The number of pyridine rings is 1. The minimum atomic E-state index is -0.176. The predicted octanol–water partition coefficient (Wildman–Crippen LogP) is 4.49. The summed E-state index contributed by atoms with van der Waals surface area (Å²) in [5, 5.41) is 18.0. The molecule has 0 fully saturated rings. The van der Waals surface area contributed by atoms with Crippen LogP contribution in [0, 0.1) is 11.3 Å². The Morgan fingerprint density at radius 3 is 2.43 bits per heavy atom. The summed E-state index contributed by atoms with van der Waals surface area (Å²) < 4.78 is 0. The van der Waals surface area contributed by atoms with Gasteiger partial charge in [-0.1, -0.05) is 42.5 Å². The third-order valence-corrected chi connectivity index (χ3v) is 4.63. The zero-order valence-corrected chi connectivity index (χ0v) is 15.8. The molecule has 4 N–H and O–H groups in total. The lowest BCUT2D eigenvalue weighted by Crippen LogP contribution is -2.02. The average Bonchev–Trinajstić information content (AvgIpc) is 2.73. The lowest BCUT2D eigenvalue weighted by atomic mass is 10.0. The van der Waals surface area contributed by atoms with E-state index >= 15 is 0 Å². The van der Waals surface area contributed by atoms with Gasteiger partial charge in [-0.2, -0.15) is 5.26 Å². The van der Waals surface area contributed by atoms with Crippen LogP contribution in [0.15, 0.2) is 69.9 Å². The number of rotatable bonds is 5. The number of azo groups is 1. The molecule has 0 atom stereocenters. The molecule has 0 aliphatic carbocycles. The van der Waals surface area contributed by atoms with E-state index in [-0.39, 0.29) is 28.5 Å². The van der Waals surface area contributed by atoms with Gasteiger partial charge in [-0.05, 0) is 18.4 Å². The normalized spacial score (nSPS) is 10.7. The summed E-state index contributed by atoms with van der Waals surface area (Å²) in [5.41, 5.74) is 13.7. The van der Waals surface area contributed by atoms with Gasteiger partial charge in [0.1, 0.15) is 16.7 Å². The molecule has 0 aliphatic rings. The standard InChI is InChI=1S/C20H16N6OS/c1-28-20-14(11-21)16(22)17(19(23)24-20)26-25-15-10-6-5-9-13(15)18(27)12-7-3-2-4-8-12/h2-10H,1H3,(H4,22,23,24). The summed E-state index contributed by atoms with van der Waals surface area (Å²) in [6, 6.07) is 17.7. The van der Waals surface area contributed by atoms with Gasteiger partial charge in [-0.15, -0.1) is 22.0 Å². The molecule has 7 nitrogen and oxygen atoms in total. The second kappa shape index (κ2) is 8.33. The first-order valence-electron chi connectivity index (χ1n) is 8.20. The highest BCUT2D eigenvalue weighted by atomic mass is 32.2. The van der Waals surface area contributed by atoms with Crippen molar-refractivity contribution in [3.63, 3.8) is 0 Å². The minimum absolute atomic E-state index is 0.0662. The van der Waals surface area contributed by atoms with E-state index in [1.165, 1.54) is 11.8 Å². The molecule has 138 valence electrons. The van der Waals surface area contributed by atoms with Crippen LogP contribution in [0.25, 0.3) is 0 Å². The van der Waals surface area contributed by atoms with Crippen LogP contribution in [0.3, 0.4) is 0 Å². The smallest absolute Gasteiger partial charge is 0.195 e. The number of nitrogens with zero attached hydrogens (tertiary/aromatic N) is 4. The highest BCUT2D eigenvalue weighted by Crippen LogP contribution is 2.36. The summed E-state index contributed by atoms with van der Waals surface area (Å²) in [6.45, 7) is 0. The van der Waals surface area contributed by atoms with Crippen molar-refractivity contribution in [2.45, 2.75) is 5.03 Å². The Hall–Kier alpha value is -3.70. The molecule has 0 saturated carbocycles. The lowest BCUT2D eigenvalue weighted by molar-refractivity contribution is 0.103. The Morgan fingerprint density at radius 2 is 1.75 bits per heavy atom. The predicted molar refractivity (Wildman–Crippen MR) is 110 cm³/mol. The molecule has 1 aromatic heterocycles. The molecular formula is C20H16N6OS. The molecule has 0 bridgehead atoms. The molecule has 0 aliphatic heterocycles. The molecule has 28 heavy (non-hydrogen) atoms. The van der Waals surface area contributed by atoms with E-state index in [2.05, 4.69) is 15.2 Å². The number of thioether (sulfide) groups is 1. The van der Waals surface area contributed by atoms with E-state index < -0.39 is 0 Å². The monoisotopic (exact) mass is 388 g/mol. The van der Waals surface area contributed by atoms with Gasteiger partial charge < -0.3 is 11.5 Å². The molecule has 1 heterocycles. The van der Waals surface area contributed by atoms with Crippen molar-refractivity contribution in [1.82, 2.24) is 4.98 Å². The maximum absolute atomic E-state index is 12.8. The van der Waals surface area contributed by atoms with Crippen LogP contribution in [0.5, 0.6) is 0 Å². The Morgan fingerprint density at radius 1 is 1.07 bits per heavy atom. The number of nitrogen functional groups attached to an aromatic ring is 2. The van der Waals surface area contributed by atoms with E-state index in [0.29, 0.717) is 21.8 Å². The van der Waals surface area contributed by atoms with Crippen LogP contribution >= 0.6 is 11.8 Å². The molecule has 0 radical (unpaired) electrons. The van der Waals surface area contributed by atoms with Gasteiger partial charge in [0.15, 0.2) is 17.3 Å². The topological polar surface area (TPSA) is 131 Å². The van der Waals surface area contributed by atoms with Crippen molar-refractivity contribution in [2.75, 3.05) is 17.7 Å². The molecule has 0 spiro atoms. The van der Waals surface area contributed by atoms with E-state index in [0.717, 1.165) is 0 Å². The molecule has 2 aromatic carbocycles. The van der Waals surface area contributed by atoms with Gasteiger partial charge in [0.25, 0.3) is 0 Å². The summed E-state index contributed by atoms with van der Waals surface area (Å²) in [4.78, 5) is 16.9. The van der Waals surface area contributed by atoms with Crippen molar-refractivity contribution in [3.05, 3.63) is 71.3 Å². The van der Waals surface area contributed by atoms with Crippen LogP contribution in [-0.4, -0.2) is 17.0 Å². The first-order valence-corrected chi connectivity index (χ1v) is 9.42. The number of anilines is 2. The number of nitriles is 1. The summed E-state index contributed by atoms with van der Waals surface area (Å²) in [5.74, 6) is -0.110. The van der Waals surface area contributed by atoms with Gasteiger partial charge >= 0.3 is 0 Å². The fraction of sp³-hybridized carbons (Fsp3) is 0.0500. The van der Waals surface area contributed by atoms with Gasteiger partial charge in [-0.25, -0.2) is 4.98 Å². The first-order chi connectivity index (χ1) is 13.6. The van der Waals surface area contributed by atoms with Crippen molar-refractivity contribution in [3.8, 4) is 6.07 Å². The Bertz CT molecular complexity index is 1110. The second-order valence-corrected chi connectivity index (χ2v) is 6.46. The summed E-state index contributed by atoms with van der Waals surface area (Å²) in [6.07, 6.45) is 1.77. The van der Waals surface area contributed by atoms with Crippen molar-refractivity contribution >= 4 is 40.4 Å². The van der Waals surface area contributed by atoms with Crippen LogP contribution in [0.4, 0.5) is 22.9 Å². The highest BCUT2D eigenvalue weighted by Gasteiger charge is 2.17. The Balaban J connectivity index is 2.04. The van der Waals surface area contributed by atoms with Gasteiger partial charge in [0.2, 0.25) is 0 Å². The van der Waals surface area contributed by atoms with Gasteiger partial charge in [0.05, 0.1) is 16.9 Å². The number of hydrogen-bond donors (Lipinski definition) is 2. The number of hydrogen-bond acceptors (Lipinski definition) is 8. The number of nitrogens with two attached hydrogens (primary N) is 2. The summed E-state index contributed by atoms with van der Waals surface area (Å²) in [7, 11) is 0. The molecular weight excluding hydrogens is 372 g/mol. The Kier molecular flexibility index (Phi) is 5.67. The molecule has 0 saturated heterocycles. The number of ketones is 1. The van der Waals surface area contributed by atoms with E-state index in [4.69, 9.17) is 11.5 Å². The molecule has 3 aromatic rings. The number of aromatic nitrogens is 1. The van der Waals surface area contributed by atoms with Crippen LogP contribution in [0.2, 0.25) is 0 Å². The van der Waals surface area contributed by atoms with Crippen LogP contribution in [0.1, 0.15) is 21.5 Å². The molecule has 0 unspecified atom stereocenters. The summed E-state index contributed by atoms with van der Waals surface area (Å²) >= 11 is 1.26. The fourth-order valence-electron chi connectivity index (χ4n) is 2.55. The zero-order valence-electron chi connectivity index (χ0n) is 15.0. The van der Waals surface area contributed by atoms with Crippen molar-refractivity contribution in [2.24, 2.45) is 10.2 Å². The van der Waals surface area contributed by atoms with Crippen LogP contribution < -0.4 is 11.5 Å². The van der Waals surface area contributed by atoms with Crippen molar-refractivity contribution < 1.29 is 4.79 Å². The van der Waals surface area contributed by atoms with Gasteiger partial charge in [0, 0.05) is 5.56 Å². The quantitative estimate of drug-likeness (QED) is 0.376. The second-order valence-electron chi connectivity index (χ2n) is 5.67. The number of carbonyl (C=O) groups excluding carboxylic acids is 1. The van der Waals surface area contributed by atoms with E-state index in [1.54, 1.807) is 54.8 Å².